The highest BCUT2D eigenvalue weighted by atomic mass is 16.5. The fraction of sp³-hybridized carbons (Fsp3) is 0.381. The number of unbranched alkanes of at least 4 members (excludes halogenated alkanes) is 2. The lowest BCUT2D eigenvalue weighted by molar-refractivity contribution is -0.0467. The number of hydrogen-bond acceptors (Lipinski definition) is 4. The molecule has 1 unspecified atom stereocenters. The Labute approximate surface area is 149 Å². The van der Waals surface area contributed by atoms with Crippen molar-refractivity contribution in [2.24, 2.45) is 5.92 Å². The van der Waals surface area contributed by atoms with Crippen LogP contribution in [-0.2, 0) is 4.74 Å². The smallest absolute Gasteiger partial charge is 0.185 e. The molecule has 4 heteroatoms. The van der Waals surface area contributed by atoms with Gasteiger partial charge >= 0.3 is 0 Å². The Kier molecular flexibility index (Phi) is 8.16. The second kappa shape index (κ2) is 10.6. The fourth-order valence-corrected chi connectivity index (χ4v) is 2.57. The lowest BCUT2D eigenvalue weighted by Gasteiger charge is -2.14. The first-order valence-corrected chi connectivity index (χ1v) is 8.80. The van der Waals surface area contributed by atoms with Gasteiger partial charge in [-0.3, -0.25) is 4.79 Å². The molecule has 0 bridgehead atoms. The van der Waals surface area contributed by atoms with Gasteiger partial charge < -0.3 is 14.9 Å². The number of aliphatic hydroxyl groups is 2. The summed E-state index contributed by atoms with van der Waals surface area (Å²) in [4.78, 5) is 12.0. The van der Waals surface area contributed by atoms with Crippen molar-refractivity contribution in [1.29, 1.82) is 0 Å². The van der Waals surface area contributed by atoms with E-state index in [-0.39, 0.29) is 11.7 Å². The summed E-state index contributed by atoms with van der Waals surface area (Å²) >= 11 is 0. The third-order valence-electron chi connectivity index (χ3n) is 4.03. The predicted octanol–water partition coefficient (Wildman–Crippen LogP) is 3.77. The monoisotopic (exact) mass is 342 g/mol. The summed E-state index contributed by atoms with van der Waals surface area (Å²) in [6.45, 7) is 0.630. The molecule has 0 fully saturated rings. The van der Waals surface area contributed by atoms with Crippen LogP contribution in [0.4, 0.5) is 0 Å². The topological polar surface area (TPSA) is 66.8 Å². The number of benzene rings is 1. The van der Waals surface area contributed by atoms with Gasteiger partial charge in [0.2, 0.25) is 0 Å². The molecule has 1 aliphatic rings. The van der Waals surface area contributed by atoms with E-state index in [4.69, 9.17) is 14.9 Å². The zero-order valence-corrected chi connectivity index (χ0v) is 14.4. The lowest BCUT2D eigenvalue weighted by Crippen LogP contribution is -2.04. The molecule has 0 heterocycles. The number of carbonyl (C=O) groups excluding carboxylic acids is 1. The quantitative estimate of drug-likeness (QED) is 0.294. The van der Waals surface area contributed by atoms with Gasteiger partial charge in [0, 0.05) is 5.56 Å². The minimum absolute atomic E-state index is 0.0213. The summed E-state index contributed by atoms with van der Waals surface area (Å²) in [7, 11) is 0. The molecule has 1 aliphatic carbocycles. The van der Waals surface area contributed by atoms with E-state index in [1.807, 2.05) is 54.6 Å². The van der Waals surface area contributed by atoms with Gasteiger partial charge in [0.05, 0.1) is 6.61 Å². The highest BCUT2D eigenvalue weighted by molar-refractivity contribution is 6.04. The zero-order valence-electron chi connectivity index (χ0n) is 14.4. The fourth-order valence-electron chi connectivity index (χ4n) is 2.57. The Morgan fingerprint density at radius 2 is 2.00 bits per heavy atom. The maximum atomic E-state index is 12.0. The van der Waals surface area contributed by atoms with E-state index >= 15 is 0 Å². The van der Waals surface area contributed by atoms with Crippen molar-refractivity contribution in [3.8, 4) is 0 Å². The van der Waals surface area contributed by atoms with Crippen molar-refractivity contribution >= 4 is 5.78 Å². The standard InChI is InChI=1S/C21H26O4/c22-20(18-7-3-1-4-8-18)15-12-17-10-13-19(14-11-17)25-16-6-2-5-9-21(23)24/h1,3-4,7-8,10,12-15,17,21,23-24H,2,5-6,9,11,16H2. The van der Waals surface area contributed by atoms with E-state index in [0.717, 1.165) is 31.4 Å². The molecule has 0 aliphatic heterocycles. The first kappa shape index (κ1) is 19.2. The van der Waals surface area contributed by atoms with Crippen LogP contribution in [-0.4, -0.2) is 28.9 Å². The molecule has 2 rings (SSSR count). The summed E-state index contributed by atoms with van der Waals surface area (Å²) in [5, 5.41) is 17.5. The molecule has 1 atom stereocenters. The van der Waals surface area contributed by atoms with Gasteiger partial charge in [0.25, 0.3) is 0 Å². The van der Waals surface area contributed by atoms with Gasteiger partial charge in [-0.25, -0.2) is 0 Å². The van der Waals surface area contributed by atoms with Crippen LogP contribution in [0.2, 0.25) is 0 Å². The van der Waals surface area contributed by atoms with Gasteiger partial charge in [-0.15, -0.1) is 0 Å². The molecule has 0 saturated carbocycles. The van der Waals surface area contributed by atoms with Crippen LogP contribution in [0.1, 0.15) is 42.5 Å². The molecule has 1 aromatic rings. The van der Waals surface area contributed by atoms with Gasteiger partial charge in [0.1, 0.15) is 5.76 Å². The molecular formula is C21H26O4. The molecule has 1 aromatic carbocycles. The highest BCUT2D eigenvalue weighted by Crippen LogP contribution is 2.19. The van der Waals surface area contributed by atoms with Crippen LogP contribution >= 0.6 is 0 Å². The van der Waals surface area contributed by atoms with E-state index in [1.165, 1.54) is 0 Å². The van der Waals surface area contributed by atoms with Crippen LogP contribution in [0.15, 0.2) is 66.5 Å². The minimum atomic E-state index is -1.20. The number of aliphatic hydroxyl groups excluding tert-OH is 1. The summed E-state index contributed by atoms with van der Waals surface area (Å²) in [6, 6.07) is 9.25. The van der Waals surface area contributed by atoms with Crippen molar-refractivity contribution in [2.75, 3.05) is 6.61 Å². The molecule has 0 amide bonds. The third kappa shape index (κ3) is 7.50. The van der Waals surface area contributed by atoms with Crippen LogP contribution in [0.5, 0.6) is 0 Å². The largest absolute Gasteiger partial charge is 0.494 e. The highest BCUT2D eigenvalue weighted by Gasteiger charge is 2.08. The first-order valence-electron chi connectivity index (χ1n) is 8.80. The molecule has 134 valence electrons. The van der Waals surface area contributed by atoms with Crippen LogP contribution < -0.4 is 0 Å². The van der Waals surface area contributed by atoms with Crippen molar-refractivity contribution in [3.63, 3.8) is 0 Å². The molecule has 2 N–H and O–H groups in total. The van der Waals surface area contributed by atoms with Gasteiger partial charge in [0.15, 0.2) is 12.1 Å². The number of carbonyl (C=O) groups is 1. The van der Waals surface area contributed by atoms with Crippen molar-refractivity contribution in [3.05, 3.63) is 72.0 Å². The normalized spacial score (nSPS) is 17.1. The molecule has 0 aromatic heterocycles. The van der Waals surface area contributed by atoms with E-state index in [2.05, 4.69) is 0 Å². The minimum Gasteiger partial charge on any atom is -0.494 e. The van der Waals surface area contributed by atoms with Gasteiger partial charge in [-0.2, -0.15) is 0 Å². The number of hydrogen-bond donors (Lipinski definition) is 2. The van der Waals surface area contributed by atoms with Crippen molar-refractivity contribution in [1.82, 2.24) is 0 Å². The lowest BCUT2D eigenvalue weighted by atomic mass is 9.98. The molecule has 0 radical (unpaired) electrons. The summed E-state index contributed by atoms with van der Waals surface area (Å²) in [6.07, 6.45) is 12.2. The maximum Gasteiger partial charge on any atom is 0.185 e. The van der Waals surface area contributed by atoms with Gasteiger partial charge in [-0.05, 0) is 56.3 Å². The van der Waals surface area contributed by atoms with E-state index < -0.39 is 6.29 Å². The Hall–Kier alpha value is -2.17. The van der Waals surface area contributed by atoms with Crippen LogP contribution in [0.3, 0.4) is 0 Å². The van der Waals surface area contributed by atoms with E-state index in [0.29, 0.717) is 18.6 Å². The van der Waals surface area contributed by atoms with Crippen LogP contribution in [0, 0.1) is 5.92 Å². The molecular weight excluding hydrogens is 316 g/mol. The number of rotatable bonds is 10. The Bertz CT molecular complexity index is 614. The molecule has 0 saturated heterocycles. The molecule has 4 nitrogen and oxygen atoms in total. The number of ketones is 1. The van der Waals surface area contributed by atoms with E-state index in [1.54, 1.807) is 6.08 Å². The SMILES string of the molecule is O=C(C=CC1C=CC(OCCCCCC(O)O)=CC1)c1ccccc1. The van der Waals surface area contributed by atoms with Crippen LogP contribution in [0.25, 0.3) is 0 Å². The second-order valence-corrected chi connectivity index (χ2v) is 6.13. The molecule has 0 spiro atoms. The summed E-state index contributed by atoms with van der Waals surface area (Å²) in [5.74, 6) is 1.10. The van der Waals surface area contributed by atoms with Crippen molar-refractivity contribution in [2.45, 2.75) is 38.4 Å². The Morgan fingerprint density at radius 3 is 2.68 bits per heavy atom. The van der Waals surface area contributed by atoms with E-state index in [9.17, 15) is 4.79 Å². The number of allylic oxidation sites excluding steroid dienone is 5. The average molecular weight is 342 g/mol. The second-order valence-electron chi connectivity index (χ2n) is 6.13. The zero-order chi connectivity index (χ0) is 17.9. The Balaban J connectivity index is 1.66. The van der Waals surface area contributed by atoms with Gasteiger partial charge in [-0.1, -0.05) is 42.5 Å². The first-order chi connectivity index (χ1) is 12.1. The summed E-state index contributed by atoms with van der Waals surface area (Å²) in [5.41, 5.74) is 0.701. The number of ether oxygens (including phenoxy) is 1. The Morgan fingerprint density at radius 1 is 1.20 bits per heavy atom. The summed E-state index contributed by atoms with van der Waals surface area (Å²) < 4.78 is 5.69. The molecule has 25 heavy (non-hydrogen) atoms. The van der Waals surface area contributed by atoms with Crippen molar-refractivity contribution < 1.29 is 19.7 Å². The predicted molar refractivity (Wildman–Crippen MR) is 97.9 cm³/mol. The third-order valence-corrected chi connectivity index (χ3v) is 4.03. The maximum absolute atomic E-state index is 12.0. The average Bonchev–Trinajstić information content (AvgIpc) is 2.64.